The number of Topliss-reactive ketones (excluding diaryl/α,β-unsaturated/α-hetero) is 2. The first-order valence-electron chi connectivity index (χ1n) is 21.3. The molecule has 1 N–H and O–H groups in total. The number of nitrogens with zero attached hydrogens (tertiary/aromatic N) is 3. The Kier molecular flexibility index (Phi) is 13.0. The van der Waals surface area contributed by atoms with Crippen molar-refractivity contribution in [1.82, 2.24) is 15.0 Å². The van der Waals surface area contributed by atoms with Crippen LogP contribution >= 0.6 is 0 Å². The van der Waals surface area contributed by atoms with Crippen LogP contribution in [0.3, 0.4) is 0 Å². The predicted octanol–water partition coefficient (Wildman–Crippen LogP) is 10.2. The number of hydrogen-bond acceptors (Lipinski definition) is 11. The molecule has 7 rings (SSSR count). The predicted molar refractivity (Wildman–Crippen MR) is 238 cm³/mol. The third-order valence-corrected chi connectivity index (χ3v) is 17.3. The van der Waals surface area contributed by atoms with Gasteiger partial charge in [-0.2, -0.15) is 0 Å². The SMILES string of the molecule is C=CCN(CC=C)[C@@H]1c2onc(OCc3ccccc3)c2C(=O)C2(O[Si](C)(C)C(C)(C)C)C(=O)C3=C(O)c4c(OCc5ccccc5)cc(CN(C)C)c(OC(F)(F)F)c4C[C@H]3C[C@@H]12. The average molecular weight is 900 g/mol. The number of ether oxygens (including phenoxy) is 3. The Bertz CT molecular complexity index is 2430. The highest BCUT2D eigenvalue weighted by Gasteiger charge is 2.69. The Balaban J connectivity index is 1.49. The molecule has 1 unspecified atom stereocenters. The van der Waals surface area contributed by atoms with Crippen molar-refractivity contribution in [3.8, 4) is 17.4 Å². The van der Waals surface area contributed by atoms with Crippen LogP contribution in [-0.2, 0) is 35.4 Å². The van der Waals surface area contributed by atoms with Gasteiger partial charge < -0.3 is 33.2 Å². The maximum Gasteiger partial charge on any atom is 0.573 e. The van der Waals surface area contributed by atoms with Gasteiger partial charge in [-0.15, -0.1) is 26.3 Å². The van der Waals surface area contributed by atoms with Gasteiger partial charge in [-0.3, -0.25) is 14.5 Å². The van der Waals surface area contributed by atoms with Gasteiger partial charge in [-0.1, -0.05) is 93.6 Å². The second-order valence-corrected chi connectivity index (χ2v) is 23.2. The molecule has 4 aromatic rings. The van der Waals surface area contributed by atoms with Crippen molar-refractivity contribution in [2.24, 2.45) is 11.8 Å². The molecule has 1 fully saturated rings. The smallest absolute Gasteiger partial charge is 0.507 e. The van der Waals surface area contributed by atoms with E-state index < -0.39 is 66.3 Å². The van der Waals surface area contributed by atoms with Gasteiger partial charge in [0, 0.05) is 42.3 Å². The number of rotatable bonds is 16. The number of aliphatic hydroxyl groups is 1. The van der Waals surface area contributed by atoms with Crippen LogP contribution in [-0.4, -0.2) is 79.1 Å². The molecule has 15 heteroatoms. The number of carbonyl (C=O) groups excluding carboxylic acids is 2. The zero-order chi connectivity index (χ0) is 46.4. The van der Waals surface area contributed by atoms with E-state index in [1.54, 1.807) is 31.1 Å². The Morgan fingerprint density at radius 3 is 2.06 bits per heavy atom. The van der Waals surface area contributed by atoms with E-state index in [0.717, 1.165) is 11.1 Å². The van der Waals surface area contributed by atoms with E-state index in [4.69, 9.17) is 23.2 Å². The third-order valence-electron chi connectivity index (χ3n) is 12.8. The van der Waals surface area contributed by atoms with Crippen LogP contribution in [0.1, 0.15) is 77.2 Å². The summed E-state index contributed by atoms with van der Waals surface area (Å²) < 4.78 is 74.1. The number of halogens is 3. The number of benzene rings is 3. The first kappa shape index (κ1) is 46.5. The molecule has 3 aliphatic rings. The van der Waals surface area contributed by atoms with Gasteiger partial charge in [0.15, 0.2) is 19.7 Å². The van der Waals surface area contributed by atoms with Crippen LogP contribution in [0.2, 0.25) is 18.1 Å². The van der Waals surface area contributed by atoms with Crippen molar-refractivity contribution in [3.05, 3.63) is 137 Å². The molecule has 3 aromatic carbocycles. The van der Waals surface area contributed by atoms with Crippen LogP contribution in [0.5, 0.6) is 17.4 Å². The minimum atomic E-state index is -5.10. The summed E-state index contributed by atoms with van der Waals surface area (Å²) >= 11 is 0. The number of fused-ring (bicyclic) bond motifs is 4. The maximum atomic E-state index is 16.1. The lowest BCUT2D eigenvalue weighted by molar-refractivity contribution is -0.275. The second kappa shape index (κ2) is 17.8. The van der Waals surface area contributed by atoms with Gasteiger partial charge in [0.05, 0.1) is 11.6 Å². The van der Waals surface area contributed by atoms with E-state index in [1.807, 2.05) is 99.4 Å². The summed E-state index contributed by atoms with van der Waals surface area (Å²) in [6.07, 6.45) is -1.90. The van der Waals surface area contributed by atoms with E-state index in [-0.39, 0.29) is 90.9 Å². The lowest BCUT2D eigenvalue weighted by atomic mass is 9.57. The summed E-state index contributed by atoms with van der Waals surface area (Å²) in [5.41, 5.74) is -0.822. The fourth-order valence-electron chi connectivity index (χ4n) is 9.06. The molecule has 11 nitrogen and oxygen atoms in total. The molecule has 0 aliphatic heterocycles. The van der Waals surface area contributed by atoms with Crippen LogP contribution in [0.15, 0.2) is 102 Å². The Morgan fingerprint density at radius 1 is 0.922 bits per heavy atom. The minimum absolute atomic E-state index is 0.000720. The molecule has 0 radical (unpaired) electrons. The molecule has 0 saturated heterocycles. The number of carbonyl (C=O) groups is 2. The molecule has 1 heterocycles. The molecule has 0 bridgehead atoms. The second-order valence-electron chi connectivity index (χ2n) is 18.5. The monoisotopic (exact) mass is 899 g/mol. The lowest BCUT2D eigenvalue weighted by Gasteiger charge is -2.55. The van der Waals surface area contributed by atoms with Gasteiger partial charge in [-0.05, 0) is 73.3 Å². The molecule has 1 aromatic heterocycles. The first-order chi connectivity index (χ1) is 30.2. The van der Waals surface area contributed by atoms with Gasteiger partial charge in [-0.25, -0.2) is 0 Å². The van der Waals surface area contributed by atoms with Crippen molar-refractivity contribution >= 4 is 25.6 Å². The van der Waals surface area contributed by atoms with Crippen LogP contribution < -0.4 is 14.2 Å². The van der Waals surface area contributed by atoms with Crippen molar-refractivity contribution in [2.75, 3.05) is 27.2 Å². The van der Waals surface area contributed by atoms with Crippen molar-refractivity contribution < 1.29 is 51.0 Å². The van der Waals surface area contributed by atoms with Gasteiger partial charge in [0.2, 0.25) is 11.6 Å². The van der Waals surface area contributed by atoms with E-state index >= 15 is 9.59 Å². The van der Waals surface area contributed by atoms with Crippen LogP contribution in [0, 0.1) is 11.8 Å². The van der Waals surface area contributed by atoms with E-state index in [0.29, 0.717) is 0 Å². The molecule has 0 amide bonds. The van der Waals surface area contributed by atoms with E-state index in [2.05, 4.69) is 18.3 Å². The number of aliphatic hydroxyl groups excluding tert-OH is 1. The van der Waals surface area contributed by atoms with Gasteiger partial charge in [0.1, 0.15) is 36.0 Å². The van der Waals surface area contributed by atoms with E-state index in [9.17, 15) is 18.3 Å². The van der Waals surface area contributed by atoms with Crippen molar-refractivity contribution in [3.63, 3.8) is 0 Å². The summed E-state index contributed by atoms with van der Waals surface area (Å²) in [6, 6.07) is 19.0. The molecular formula is C49H56F3N3O8Si. The molecule has 64 heavy (non-hydrogen) atoms. The number of aromatic nitrogens is 1. The molecule has 3 aliphatic carbocycles. The van der Waals surface area contributed by atoms with Gasteiger partial charge >= 0.3 is 6.36 Å². The summed E-state index contributed by atoms with van der Waals surface area (Å²) in [4.78, 5) is 35.6. The molecule has 340 valence electrons. The largest absolute Gasteiger partial charge is 0.573 e. The highest BCUT2D eigenvalue weighted by atomic mass is 28.4. The summed E-state index contributed by atoms with van der Waals surface area (Å²) in [7, 11) is 0.305. The van der Waals surface area contributed by atoms with E-state index in [1.165, 1.54) is 6.07 Å². The standard InChI is InChI=1S/C49H56F3N3O8Si/c1-10-22-55(23-11-2)40-35-25-32-24-34-38(36(59-28-30-18-14-12-15-19-30)26-33(27-54(6)7)42(34)61-49(50,51)52)41(56)37(32)44(57)48(35,63-64(8,9)47(3,4)5)45(58)39-43(40)62-53-46(39)60-29-31-20-16-13-17-21-31/h10-21,26,32,35,40,56H,1-2,22-25,27-29H2,3-9H3/t32-,35-,40-,48?/m0/s1. The fourth-order valence-corrected chi connectivity index (χ4v) is 10.5. The number of alkyl halides is 3. The normalized spacial score (nSPS) is 21.0. The topological polar surface area (TPSA) is 124 Å². The zero-order valence-corrected chi connectivity index (χ0v) is 38.4. The quantitative estimate of drug-likeness (QED) is 0.0657. The van der Waals surface area contributed by atoms with Gasteiger partial charge in [0.25, 0.3) is 5.88 Å². The molecule has 4 atom stereocenters. The first-order valence-corrected chi connectivity index (χ1v) is 24.2. The Morgan fingerprint density at radius 2 is 1.52 bits per heavy atom. The zero-order valence-electron chi connectivity index (χ0n) is 37.4. The number of hydrogen-bond donors (Lipinski definition) is 1. The Hall–Kier alpha value is -5.48. The highest BCUT2D eigenvalue weighted by molar-refractivity contribution is 6.74. The molecule has 0 spiro atoms. The maximum absolute atomic E-state index is 16.1. The molecular weight excluding hydrogens is 844 g/mol. The molecule has 1 saturated carbocycles. The van der Waals surface area contributed by atoms with Crippen molar-refractivity contribution in [1.29, 1.82) is 0 Å². The highest BCUT2D eigenvalue weighted by Crippen LogP contribution is 2.60. The number of ketones is 2. The summed E-state index contributed by atoms with van der Waals surface area (Å²) in [5, 5.41) is 16.5. The third kappa shape index (κ3) is 8.70. The summed E-state index contributed by atoms with van der Waals surface area (Å²) in [5.74, 6) is -4.43. The average Bonchev–Trinajstić information content (AvgIpc) is 3.64. The minimum Gasteiger partial charge on any atom is -0.507 e. The lowest BCUT2D eigenvalue weighted by Crippen LogP contribution is -2.68. The fraction of sp³-hybridized carbons (Fsp3) is 0.408. The summed E-state index contributed by atoms with van der Waals surface area (Å²) in [6.45, 7) is 18.4. The van der Waals surface area contributed by atoms with Crippen molar-refractivity contribution in [2.45, 2.75) is 89.5 Å². The van der Waals surface area contributed by atoms with Crippen LogP contribution in [0.25, 0.3) is 5.76 Å². The Labute approximate surface area is 373 Å². The van der Waals surface area contributed by atoms with Crippen LogP contribution in [0.4, 0.5) is 13.2 Å².